The largest absolute Gasteiger partial charge is 0.339 e. The Bertz CT molecular complexity index is 2290. The zero-order valence-corrected chi connectivity index (χ0v) is 28.0. The van der Waals surface area contributed by atoms with Crippen molar-refractivity contribution in [2.45, 2.75) is 78.7 Å². The van der Waals surface area contributed by atoms with Crippen molar-refractivity contribution in [3.05, 3.63) is 96.8 Å². The van der Waals surface area contributed by atoms with Gasteiger partial charge in [-0.05, 0) is 49.8 Å². The Morgan fingerprint density at radius 1 is 0.766 bits per heavy atom. The first-order chi connectivity index (χ1) is 23.2. The summed E-state index contributed by atoms with van der Waals surface area (Å²) in [6, 6.07) is 29.7. The first-order valence-electron chi connectivity index (χ1n) is 17.4. The third kappa shape index (κ3) is 5.34. The topological polar surface area (TPSA) is 27.7 Å². The maximum Gasteiger partial charge on any atom is 0.0981 e. The van der Waals surface area contributed by atoms with Gasteiger partial charge in [0.25, 0.3) is 0 Å². The van der Waals surface area contributed by atoms with Crippen molar-refractivity contribution in [1.29, 1.82) is 0 Å². The summed E-state index contributed by atoms with van der Waals surface area (Å²) in [5, 5.41) is 4.84. The molecule has 0 radical (unpaired) electrons. The molecular weight excluding hydrogens is 573 g/mol. The molecule has 0 spiro atoms. The zero-order valence-electron chi connectivity index (χ0n) is 28.0. The molecule has 7 rings (SSSR count). The fourth-order valence-electron chi connectivity index (χ4n) is 7.47. The van der Waals surface area contributed by atoms with Gasteiger partial charge < -0.3 is 9.13 Å². The summed E-state index contributed by atoms with van der Waals surface area (Å²) in [6.07, 6.45) is 16.0. The number of nitrogens with zero attached hydrogens (tertiary/aromatic N) is 4. The molecule has 0 unspecified atom stereocenters. The lowest BCUT2D eigenvalue weighted by Gasteiger charge is -2.09. The number of benzene rings is 3. The van der Waals surface area contributed by atoms with E-state index in [1.165, 1.54) is 83.2 Å². The average Bonchev–Trinajstić information content (AvgIpc) is 3.72. The van der Waals surface area contributed by atoms with Crippen LogP contribution in [0.5, 0.6) is 0 Å². The number of hydrogen-bond donors (Lipinski definition) is 0. The van der Waals surface area contributed by atoms with Crippen LogP contribution >= 0.6 is 0 Å². The highest BCUT2D eigenvalue weighted by Gasteiger charge is 2.22. The third-order valence-corrected chi connectivity index (χ3v) is 9.63. The van der Waals surface area contributed by atoms with Crippen LogP contribution in [0.1, 0.15) is 83.4 Å². The SMILES string of the molecule is C=Cc1c(/C=C(\C)n2c3ccccc3c3ccccc32)n(C#CCC)c2c1ccc1c2c2ncccc2n1CCCCCCCCC. The van der Waals surface area contributed by atoms with Gasteiger partial charge in [0.15, 0.2) is 0 Å². The number of allylic oxidation sites excluding steroid dienone is 1. The maximum atomic E-state index is 4.99. The highest BCUT2D eigenvalue weighted by atomic mass is 15.0. The smallest absolute Gasteiger partial charge is 0.0981 e. The van der Waals surface area contributed by atoms with Gasteiger partial charge >= 0.3 is 0 Å². The normalized spacial score (nSPS) is 12.1. The van der Waals surface area contributed by atoms with E-state index in [1.54, 1.807) is 0 Å². The van der Waals surface area contributed by atoms with Crippen molar-refractivity contribution in [3.8, 4) is 12.0 Å². The molecule has 4 heterocycles. The van der Waals surface area contributed by atoms with Crippen LogP contribution in [0.3, 0.4) is 0 Å². The Balaban J connectivity index is 1.43. The van der Waals surface area contributed by atoms with Gasteiger partial charge in [-0.3, -0.25) is 9.55 Å². The Hall–Kier alpha value is -5.01. The summed E-state index contributed by atoms with van der Waals surface area (Å²) in [7, 11) is 0. The number of para-hydroxylation sites is 2. The number of fused-ring (bicyclic) bond motifs is 8. The standard InChI is InChI=1S/C43H44N4/c1-5-8-10-11-12-13-18-29-45-38-26-25-35-32(7-3)40(46(28-9-6-2)43(35)41(38)42-39(45)24-19-27-44-42)30-31(4)47-36-22-16-14-20-33(36)34-21-15-17-23-37(34)47/h7,14-17,19-27,30H,3,5-6,8,10-13,18,29H2,1-2,4H3/b31-30+. The minimum absolute atomic E-state index is 0.770. The second-order valence-electron chi connectivity index (χ2n) is 12.6. The van der Waals surface area contributed by atoms with E-state index < -0.39 is 0 Å². The van der Waals surface area contributed by atoms with E-state index in [1.807, 2.05) is 12.3 Å². The van der Waals surface area contributed by atoms with Gasteiger partial charge in [-0.15, -0.1) is 0 Å². The molecule has 4 nitrogen and oxygen atoms in total. The van der Waals surface area contributed by atoms with Crippen molar-refractivity contribution in [2.75, 3.05) is 0 Å². The zero-order chi connectivity index (χ0) is 32.3. The molecule has 4 heteroatoms. The van der Waals surface area contributed by atoms with E-state index >= 15 is 0 Å². The Kier molecular flexibility index (Phi) is 8.72. The molecule has 4 aromatic heterocycles. The Morgan fingerprint density at radius 3 is 2.15 bits per heavy atom. The lowest BCUT2D eigenvalue weighted by atomic mass is 10.1. The van der Waals surface area contributed by atoms with Crippen molar-refractivity contribution in [1.82, 2.24) is 18.7 Å². The lowest BCUT2D eigenvalue weighted by Crippen LogP contribution is -1.98. The van der Waals surface area contributed by atoms with E-state index in [0.29, 0.717) is 0 Å². The fraction of sp³-hybridized carbons (Fsp3) is 0.279. The van der Waals surface area contributed by atoms with Gasteiger partial charge in [0.1, 0.15) is 0 Å². The minimum Gasteiger partial charge on any atom is -0.339 e. The van der Waals surface area contributed by atoms with E-state index in [-0.39, 0.29) is 0 Å². The molecule has 236 valence electrons. The number of unbranched alkanes of at least 4 members (excludes halogenated alkanes) is 6. The highest BCUT2D eigenvalue weighted by molar-refractivity contribution is 6.20. The molecule has 0 aliphatic rings. The van der Waals surface area contributed by atoms with Crippen LogP contribution in [-0.2, 0) is 6.54 Å². The molecule has 0 N–H and O–H groups in total. The van der Waals surface area contributed by atoms with Crippen LogP contribution in [0.25, 0.3) is 72.5 Å². The van der Waals surface area contributed by atoms with Gasteiger partial charge in [-0.1, -0.05) is 113 Å². The van der Waals surface area contributed by atoms with Gasteiger partial charge in [-0.2, -0.15) is 0 Å². The van der Waals surface area contributed by atoms with Crippen molar-refractivity contribution in [2.24, 2.45) is 0 Å². The molecule has 0 aliphatic carbocycles. The predicted molar refractivity (Wildman–Crippen MR) is 204 cm³/mol. The summed E-state index contributed by atoms with van der Waals surface area (Å²) in [5.41, 5.74) is 10.2. The first-order valence-corrected chi connectivity index (χ1v) is 17.4. The Labute approximate surface area is 278 Å². The van der Waals surface area contributed by atoms with Crippen LogP contribution in [-0.4, -0.2) is 18.7 Å². The number of rotatable bonds is 11. The van der Waals surface area contributed by atoms with E-state index in [9.17, 15) is 0 Å². The molecule has 0 saturated heterocycles. The fourth-order valence-corrected chi connectivity index (χ4v) is 7.47. The number of pyridine rings is 1. The first kappa shape index (κ1) is 30.6. The average molecular weight is 617 g/mol. The van der Waals surface area contributed by atoms with Gasteiger partial charge in [-0.25, -0.2) is 0 Å². The van der Waals surface area contributed by atoms with Crippen LogP contribution < -0.4 is 0 Å². The van der Waals surface area contributed by atoms with E-state index in [0.717, 1.165) is 46.3 Å². The Morgan fingerprint density at radius 2 is 1.45 bits per heavy atom. The van der Waals surface area contributed by atoms with Gasteiger partial charge in [0.2, 0.25) is 0 Å². The molecule has 0 aliphatic heterocycles. The number of aryl methyl sites for hydroxylation is 1. The minimum atomic E-state index is 0.770. The summed E-state index contributed by atoms with van der Waals surface area (Å²) < 4.78 is 7.07. The van der Waals surface area contributed by atoms with Crippen molar-refractivity contribution in [3.63, 3.8) is 0 Å². The molecule has 0 amide bonds. The quantitative estimate of drug-likeness (QED) is 0.105. The van der Waals surface area contributed by atoms with Gasteiger partial charge in [0.05, 0.1) is 44.2 Å². The van der Waals surface area contributed by atoms with E-state index in [4.69, 9.17) is 4.98 Å². The molecule has 3 aromatic carbocycles. The molecule has 0 fully saturated rings. The van der Waals surface area contributed by atoms with Crippen LogP contribution in [0, 0.1) is 12.0 Å². The van der Waals surface area contributed by atoms with Crippen molar-refractivity contribution >= 4 is 72.5 Å². The summed E-state index contributed by atoms with van der Waals surface area (Å²) >= 11 is 0. The van der Waals surface area contributed by atoms with Crippen LogP contribution in [0.4, 0.5) is 0 Å². The lowest BCUT2D eigenvalue weighted by molar-refractivity contribution is 0.561. The van der Waals surface area contributed by atoms with Gasteiger partial charge in [0, 0.05) is 52.6 Å². The predicted octanol–water partition coefficient (Wildman–Crippen LogP) is 11.9. The molecule has 0 atom stereocenters. The van der Waals surface area contributed by atoms with E-state index in [2.05, 4.69) is 132 Å². The second-order valence-corrected chi connectivity index (χ2v) is 12.6. The number of aromatic nitrogens is 4. The molecule has 47 heavy (non-hydrogen) atoms. The second kappa shape index (κ2) is 13.4. The van der Waals surface area contributed by atoms with Crippen LogP contribution in [0.2, 0.25) is 0 Å². The monoisotopic (exact) mass is 616 g/mol. The molecule has 7 aromatic rings. The number of hydrogen-bond acceptors (Lipinski definition) is 1. The summed E-state index contributed by atoms with van der Waals surface area (Å²) in [6.45, 7) is 11.9. The highest BCUT2D eigenvalue weighted by Crippen LogP contribution is 2.39. The van der Waals surface area contributed by atoms with Crippen LogP contribution in [0.15, 0.2) is 85.6 Å². The maximum absolute atomic E-state index is 4.99. The molecular formula is C43H44N4. The summed E-state index contributed by atoms with van der Waals surface area (Å²) in [4.78, 5) is 4.99. The summed E-state index contributed by atoms with van der Waals surface area (Å²) in [5.74, 6) is 3.40. The third-order valence-electron chi connectivity index (χ3n) is 9.63. The molecule has 0 bridgehead atoms. The molecule has 0 saturated carbocycles. The van der Waals surface area contributed by atoms with Crippen molar-refractivity contribution < 1.29 is 0 Å².